The maximum atomic E-state index is 16.5. The Morgan fingerprint density at radius 1 is 0.973 bits per heavy atom. The van der Waals surface area contributed by atoms with Gasteiger partial charge in [0.15, 0.2) is 0 Å². The number of imide groups is 1. The molecule has 3 saturated heterocycles. The van der Waals surface area contributed by atoms with Gasteiger partial charge < -0.3 is 25.2 Å². The van der Waals surface area contributed by atoms with Crippen molar-refractivity contribution >= 4 is 52.5 Å². The standard InChI is InChI=1S/C55H54ClF4N7O6/c1-51(2)16-18-53(19-17-51)54(29-62-39-25-42(55(58,59)60)61-27-36(39)54)44(34-8-5-9-37(56)45(34)57)46(65-53)48(70)63-38-13-11-31(24-41(38)73-3)49(71)66-22-20-52(21-23-66)26-32(52)12-10-30-6-4-7-33-35(30)28-67(50(33)72)40-14-15-43(68)64-47(40)69/h4-9,11,13,24-25,27,32,40,44,46,62,65H,14-23,26,28-29H2,1-3H3,(H,63,70)(H,64,68,69)/t32-,40+,44+,46-,54-/m1/s1. The van der Waals surface area contributed by atoms with E-state index in [0.717, 1.165) is 49.3 Å². The number of carbonyl (C=O) groups is 5. The van der Waals surface area contributed by atoms with Crippen LogP contribution in [0.1, 0.15) is 126 Å². The Bertz CT molecular complexity index is 3080. The molecule has 18 heteroatoms. The van der Waals surface area contributed by atoms with Gasteiger partial charge in [-0.3, -0.25) is 39.6 Å². The average Bonchev–Trinajstić information content (AvgIpc) is 3.57. The molecule has 3 spiro atoms. The predicted molar refractivity (Wildman–Crippen MR) is 262 cm³/mol. The van der Waals surface area contributed by atoms with Crippen molar-refractivity contribution in [2.75, 3.05) is 37.4 Å². The summed E-state index contributed by atoms with van der Waals surface area (Å²) in [7, 11) is 1.43. The summed E-state index contributed by atoms with van der Waals surface area (Å²) in [4.78, 5) is 74.0. The summed E-state index contributed by atoms with van der Waals surface area (Å²) in [5, 5.41) is 12.1. The fraction of sp³-hybridized carbons (Fsp3) is 0.455. The molecule has 4 aromatic rings. The van der Waals surface area contributed by atoms with Gasteiger partial charge in [0.25, 0.3) is 11.8 Å². The van der Waals surface area contributed by atoms with Crippen LogP contribution in [0.3, 0.4) is 0 Å². The number of benzene rings is 3. The monoisotopic (exact) mass is 1020 g/mol. The van der Waals surface area contributed by atoms with Crippen LogP contribution in [0.4, 0.5) is 28.9 Å². The summed E-state index contributed by atoms with van der Waals surface area (Å²) < 4.78 is 64.4. The third-order valence-corrected chi connectivity index (χ3v) is 17.6. The van der Waals surface area contributed by atoms with Gasteiger partial charge >= 0.3 is 6.18 Å². The van der Waals surface area contributed by atoms with Crippen LogP contribution < -0.4 is 26.0 Å². The molecule has 73 heavy (non-hydrogen) atoms. The van der Waals surface area contributed by atoms with Crippen molar-refractivity contribution < 1.29 is 46.3 Å². The number of piperidine rings is 2. The number of anilines is 2. The first-order valence-electron chi connectivity index (χ1n) is 24.9. The van der Waals surface area contributed by atoms with E-state index in [1.807, 2.05) is 6.07 Å². The normalized spacial score (nSPS) is 26.2. The zero-order valence-electron chi connectivity index (χ0n) is 40.5. The minimum Gasteiger partial charge on any atom is -0.495 e. The molecule has 5 fully saturated rings. The molecule has 0 bridgehead atoms. The zero-order valence-corrected chi connectivity index (χ0v) is 41.3. The summed E-state index contributed by atoms with van der Waals surface area (Å²) in [5.74, 6) is 3.66. The first kappa shape index (κ1) is 48.7. The number of hydrogen-bond acceptors (Lipinski definition) is 9. The molecular formula is C55H54ClF4N7O6. The van der Waals surface area contributed by atoms with Crippen LogP contribution in [0.2, 0.25) is 5.02 Å². The molecule has 13 nitrogen and oxygen atoms in total. The number of hydrogen-bond donors (Lipinski definition) is 4. The Balaban J connectivity index is 0.804. The van der Waals surface area contributed by atoms with Crippen LogP contribution in [0.5, 0.6) is 5.75 Å². The number of aromatic nitrogens is 1. The van der Waals surface area contributed by atoms with Gasteiger partial charge in [-0.2, -0.15) is 13.2 Å². The van der Waals surface area contributed by atoms with Gasteiger partial charge in [0.2, 0.25) is 17.7 Å². The molecule has 0 unspecified atom stereocenters. The van der Waals surface area contributed by atoms with Crippen LogP contribution in [-0.4, -0.2) is 88.7 Å². The summed E-state index contributed by atoms with van der Waals surface area (Å²) in [6.45, 7) is 5.68. The SMILES string of the molecule is COc1cc(C(=O)N2CCC3(CC2)C[C@H]3C#Cc2cccc3c2CN([C@H]2CCC(=O)NC2=O)C3=O)ccc1NC(=O)[C@@H]1NC2(CCC(C)(C)CC2)[C@@]2(CNc3cc(C(F)(F)F)ncc32)[C@H]1c1cccc(Cl)c1F. The highest BCUT2D eigenvalue weighted by Crippen LogP contribution is 2.64. The lowest BCUT2D eigenvalue weighted by atomic mass is 9.54. The van der Waals surface area contributed by atoms with Gasteiger partial charge in [0.1, 0.15) is 23.3 Å². The van der Waals surface area contributed by atoms with Crippen LogP contribution >= 0.6 is 11.6 Å². The molecule has 5 aliphatic heterocycles. The topological polar surface area (TPSA) is 162 Å². The lowest BCUT2D eigenvalue weighted by molar-refractivity contribution is -0.141. The van der Waals surface area contributed by atoms with Gasteiger partial charge in [-0.25, -0.2) is 4.39 Å². The number of nitrogens with one attached hydrogen (secondary N) is 4. The highest BCUT2D eigenvalue weighted by atomic mass is 35.5. The molecule has 3 aromatic carbocycles. The Labute approximate surface area is 424 Å². The number of rotatable bonds is 6. The molecule has 5 amide bonds. The quantitative estimate of drug-likeness (QED) is 0.0846. The van der Waals surface area contributed by atoms with Crippen LogP contribution in [-0.2, 0) is 32.5 Å². The van der Waals surface area contributed by atoms with E-state index in [2.05, 4.69) is 51.9 Å². The maximum Gasteiger partial charge on any atom is 0.433 e. The number of amides is 5. The Kier molecular flexibility index (Phi) is 11.7. The number of ether oxygens (including phenoxy) is 1. The fourth-order valence-electron chi connectivity index (χ4n) is 13.1. The summed E-state index contributed by atoms with van der Waals surface area (Å²) in [6, 6.07) is 14.0. The number of nitrogens with zero attached hydrogens (tertiary/aromatic N) is 3. The Morgan fingerprint density at radius 2 is 1.73 bits per heavy atom. The van der Waals surface area contributed by atoms with Crippen molar-refractivity contribution in [2.24, 2.45) is 16.7 Å². The predicted octanol–water partition coefficient (Wildman–Crippen LogP) is 8.35. The molecule has 4 N–H and O–H groups in total. The van der Waals surface area contributed by atoms with Crippen molar-refractivity contribution in [2.45, 2.75) is 113 Å². The van der Waals surface area contributed by atoms with E-state index in [1.165, 1.54) is 24.3 Å². The van der Waals surface area contributed by atoms with Gasteiger partial charge in [0.05, 0.1) is 23.9 Å². The number of halogens is 5. The van der Waals surface area contributed by atoms with E-state index in [0.29, 0.717) is 42.6 Å². The van der Waals surface area contributed by atoms with Gasteiger partial charge in [-0.1, -0.05) is 55.5 Å². The molecule has 2 aliphatic carbocycles. The second kappa shape index (κ2) is 17.6. The highest BCUT2D eigenvalue weighted by molar-refractivity contribution is 6.30. The fourth-order valence-corrected chi connectivity index (χ4v) is 13.2. The number of fused-ring (bicyclic) bond motifs is 4. The first-order valence-corrected chi connectivity index (χ1v) is 25.2. The van der Waals surface area contributed by atoms with Crippen molar-refractivity contribution in [3.8, 4) is 17.6 Å². The minimum absolute atomic E-state index is 0.0353. The molecular weight excluding hydrogens is 966 g/mol. The smallest absolute Gasteiger partial charge is 0.433 e. The first-order chi connectivity index (χ1) is 34.8. The minimum atomic E-state index is -4.70. The molecule has 7 aliphatic rings. The van der Waals surface area contributed by atoms with E-state index in [1.54, 1.807) is 47.4 Å². The van der Waals surface area contributed by atoms with E-state index < -0.39 is 58.5 Å². The Morgan fingerprint density at radius 3 is 2.45 bits per heavy atom. The van der Waals surface area contributed by atoms with E-state index in [-0.39, 0.29) is 88.1 Å². The van der Waals surface area contributed by atoms with Crippen molar-refractivity contribution in [1.82, 2.24) is 25.4 Å². The molecule has 5 atom stereocenters. The number of carbonyl (C=O) groups excluding carboxylic acids is 5. The molecule has 6 heterocycles. The zero-order chi connectivity index (χ0) is 51.4. The summed E-state index contributed by atoms with van der Waals surface area (Å²) in [6.07, 6.45) is 1.93. The molecule has 0 radical (unpaired) electrons. The van der Waals surface area contributed by atoms with Crippen molar-refractivity contribution in [3.05, 3.63) is 117 Å². The highest BCUT2D eigenvalue weighted by Gasteiger charge is 2.69. The number of alkyl halides is 3. The summed E-state index contributed by atoms with van der Waals surface area (Å²) in [5.41, 5.74) is 0.322. The molecule has 11 rings (SSSR count). The van der Waals surface area contributed by atoms with Crippen LogP contribution in [0.25, 0.3) is 0 Å². The lowest BCUT2D eigenvalue weighted by Crippen LogP contribution is -2.59. The van der Waals surface area contributed by atoms with E-state index in [4.69, 9.17) is 16.3 Å². The second-order valence-corrected chi connectivity index (χ2v) is 22.2. The van der Waals surface area contributed by atoms with Gasteiger partial charge in [-0.15, -0.1) is 0 Å². The second-order valence-electron chi connectivity index (χ2n) is 21.7. The van der Waals surface area contributed by atoms with Crippen LogP contribution in [0.15, 0.2) is 66.9 Å². The van der Waals surface area contributed by atoms with E-state index >= 15 is 9.18 Å². The molecule has 1 aromatic heterocycles. The van der Waals surface area contributed by atoms with Crippen molar-refractivity contribution in [1.29, 1.82) is 0 Å². The maximum absolute atomic E-state index is 16.5. The number of methoxy groups -OCH3 is 1. The van der Waals surface area contributed by atoms with Crippen LogP contribution in [0, 0.1) is 34.4 Å². The van der Waals surface area contributed by atoms with Crippen molar-refractivity contribution in [3.63, 3.8) is 0 Å². The van der Waals surface area contributed by atoms with Gasteiger partial charge in [-0.05, 0) is 116 Å². The number of likely N-dealkylation sites (tertiary alicyclic amines) is 1. The average molecular weight is 1020 g/mol. The van der Waals surface area contributed by atoms with E-state index in [9.17, 15) is 32.3 Å². The third kappa shape index (κ3) is 8.10. The number of pyridine rings is 1. The largest absolute Gasteiger partial charge is 0.495 e. The van der Waals surface area contributed by atoms with Gasteiger partial charge in [0, 0.05) is 89.5 Å². The molecule has 2 saturated carbocycles. The molecule has 380 valence electrons. The lowest BCUT2D eigenvalue weighted by Gasteiger charge is -2.51. The Hall–Kier alpha value is -6.51. The summed E-state index contributed by atoms with van der Waals surface area (Å²) >= 11 is 6.44. The third-order valence-electron chi connectivity index (χ3n) is 17.3.